The number of aromatic nitrogens is 2. The third kappa shape index (κ3) is 3.66. The molecule has 0 radical (unpaired) electrons. The number of pyridine rings is 2. The lowest BCUT2D eigenvalue weighted by atomic mass is 10.0. The third-order valence-corrected chi connectivity index (χ3v) is 3.01. The van der Waals surface area contributed by atoms with E-state index in [4.69, 9.17) is 22.2 Å². The van der Waals surface area contributed by atoms with Crippen LogP contribution in [0.15, 0.2) is 36.8 Å². The van der Waals surface area contributed by atoms with Crippen LogP contribution in [0.3, 0.4) is 0 Å². The van der Waals surface area contributed by atoms with Gasteiger partial charge in [-0.05, 0) is 29.7 Å². The average Bonchev–Trinajstić information content (AvgIpc) is 2.48. The largest absolute Gasteiger partial charge is 0.492 e. The van der Waals surface area contributed by atoms with Gasteiger partial charge in [0.1, 0.15) is 10.9 Å². The van der Waals surface area contributed by atoms with Gasteiger partial charge >= 0.3 is 0 Å². The van der Waals surface area contributed by atoms with E-state index in [9.17, 15) is 0 Å². The summed E-state index contributed by atoms with van der Waals surface area (Å²) in [7, 11) is 0. The van der Waals surface area contributed by atoms with Crippen LogP contribution in [-0.4, -0.2) is 16.6 Å². The molecule has 1 atom stereocenters. The van der Waals surface area contributed by atoms with Crippen LogP contribution in [0, 0.1) is 0 Å². The van der Waals surface area contributed by atoms with Crippen LogP contribution < -0.4 is 16.0 Å². The maximum absolute atomic E-state index is 5.79. The van der Waals surface area contributed by atoms with Crippen molar-refractivity contribution < 1.29 is 4.74 Å². The van der Waals surface area contributed by atoms with Crippen molar-refractivity contribution in [2.45, 2.75) is 19.4 Å². The van der Waals surface area contributed by atoms with Crippen molar-refractivity contribution >= 4 is 11.6 Å². The Labute approximate surface area is 123 Å². The zero-order chi connectivity index (χ0) is 14.4. The molecule has 0 saturated carbocycles. The molecule has 0 aromatic carbocycles. The molecular formula is C14H17ClN4O. The summed E-state index contributed by atoms with van der Waals surface area (Å²) < 4.78 is 5.58. The Bertz CT molecular complexity index is 547. The molecule has 0 bridgehead atoms. The van der Waals surface area contributed by atoms with Crippen LogP contribution in [0.1, 0.15) is 30.5 Å². The average molecular weight is 293 g/mol. The van der Waals surface area contributed by atoms with E-state index in [0.29, 0.717) is 11.8 Å². The van der Waals surface area contributed by atoms with Gasteiger partial charge in [0.15, 0.2) is 0 Å². The lowest BCUT2D eigenvalue weighted by molar-refractivity contribution is 0.315. The molecule has 5 nitrogen and oxygen atoms in total. The summed E-state index contributed by atoms with van der Waals surface area (Å²) in [5.41, 5.74) is 4.58. The molecule has 0 amide bonds. The number of hydrazine groups is 1. The summed E-state index contributed by atoms with van der Waals surface area (Å²) in [6, 6.07) is 5.31. The Morgan fingerprint density at radius 3 is 2.80 bits per heavy atom. The van der Waals surface area contributed by atoms with E-state index in [0.717, 1.165) is 23.3 Å². The Hall–Kier alpha value is -1.69. The van der Waals surface area contributed by atoms with Gasteiger partial charge in [-0.2, -0.15) is 0 Å². The van der Waals surface area contributed by atoms with Crippen LogP contribution in [0.5, 0.6) is 5.75 Å². The van der Waals surface area contributed by atoms with E-state index in [1.54, 1.807) is 24.7 Å². The van der Waals surface area contributed by atoms with Gasteiger partial charge < -0.3 is 4.74 Å². The van der Waals surface area contributed by atoms with E-state index in [1.165, 1.54) is 0 Å². The minimum atomic E-state index is -0.211. The Balaban J connectivity index is 2.24. The van der Waals surface area contributed by atoms with Gasteiger partial charge in [0.05, 0.1) is 18.8 Å². The molecule has 2 aromatic rings. The highest BCUT2D eigenvalue weighted by molar-refractivity contribution is 6.29. The first-order valence-electron chi connectivity index (χ1n) is 6.40. The van der Waals surface area contributed by atoms with Gasteiger partial charge in [-0.1, -0.05) is 24.6 Å². The van der Waals surface area contributed by atoms with Gasteiger partial charge in [-0.15, -0.1) is 0 Å². The van der Waals surface area contributed by atoms with Crippen molar-refractivity contribution in [2.24, 2.45) is 5.84 Å². The van der Waals surface area contributed by atoms with E-state index in [2.05, 4.69) is 22.3 Å². The second kappa shape index (κ2) is 7.19. The molecule has 0 aliphatic carbocycles. The predicted octanol–water partition coefficient (Wildman–Crippen LogP) is 2.47. The Morgan fingerprint density at radius 1 is 1.30 bits per heavy atom. The summed E-state index contributed by atoms with van der Waals surface area (Å²) in [6.07, 6.45) is 6.07. The zero-order valence-electron chi connectivity index (χ0n) is 11.2. The molecule has 106 valence electrons. The topological polar surface area (TPSA) is 73.1 Å². The van der Waals surface area contributed by atoms with Gasteiger partial charge in [-0.25, -0.2) is 10.4 Å². The first-order valence-corrected chi connectivity index (χ1v) is 6.77. The predicted molar refractivity (Wildman–Crippen MR) is 78.4 cm³/mol. The molecule has 3 N–H and O–H groups in total. The molecule has 0 fully saturated rings. The zero-order valence-corrected chi connectivity index (χ0v) is 12.0. The van der Waals surface area contributed by atoms with Crippen molar-refractivity contribution in [1.82, 2.24) is 15.4 Å². The molecule has 1 unspecified atom stereocenters. The molecule has 6 heteroatoms. The highest BCUT2D eigenvalue weighted by Gasteiger charge is 2.14. The Morgan fingerprint density at radius 2 is 2.15 bits per heavy atom. The number of ether oxygens (including phenoxy) is 1. The van der Waals surface area contributed by atoms with Crippen LogP contribution >= 0.6 is 11.6 Å². The lowest BCUT2D eigenvalue weighted by Gasteiger charge is -2.17. The number of nitrogens with zero attached hydrogens (tertiary/aromatic N) is 2. The van der Waals surface area contributed by atoms with Crippen molar-refractivity contribution in [3.8, 4) is 5.75 Å². The molecule has 2 heterocycles. The number of nitrogens with one attached hydrogen (secondary N) is 1. The standard InChI is InChI=1S/C14H17ClN4O/c1-2-5-20-12-6-11(7-17-9-12)14(19-16)10-3-4-13(15)18-8-10/h3-4,6-9,14,19H,2,5,16H2,1H3. The molecule has 20 heavy (non-hydrogen) atoms. The highest BCUT2D eigenvalue weighted by atomic mass is 35.5. The second-order valence-electron chi connectivity index (χ2n) is 4.32. The van der Waals surface area contributed by atoms with Gasteiger partial charge in [0.2, 0.25) is 0 Å². The van der Waals surface area contributed by atoms with Crippen LogP contribution in [0.25, 0.3) is 0 Å². The summed E-state index contributed by atoms with van der Waals surface area (Å²) in [5.74, 6) is 6.37. The summed E-state index contributed by atoms with van der Waals surface area (Å²) in [4.78, 5) is 8.25. The van der Waals surface area contributed by atoms with Crippen molar-refractivity contribution in [3.05, 3.63) is 53.1 Å². The fourth-order valence-corrected chi connectivity index (χ4v) is 1.95. The fourth-order valence-electron chi connectivity index (χ4n) is 1.84. The van der Waals surface area contributed by atoms with Gasteiger partial charge in [0.25, 0.3) is 0 Å². The van der Waals surface area contributed by atoms with Crippen LogP contribution in [0.4, 0.5) is 0 Å². The van der Waals surface area contributed by atoms with Crippen LogP contribution in [-0.2, 0) is 0 Å². The van der Waals surface area contributed by atoms with E-state index >= 15 is 0 Å². The monoisotopic (exact) mass is 292 g/mol. The molecular weight excluding hydrogens is 276 g/mol. The smallest absolute Gasteiger partial charge is 0.137 e. The second-order valence-corrected chi connectivity index (χ2v) is 4.70. The normalized spacial score (nSPS) is 12.2. The highest BCUT2D eigenvalue weighted by Crippen LogP contribution is 2.24. The summed E-state index contributed by atoms with van der Waals surface area (Å²) in [6.45, 7) is 2.72. The van der Waals surface area contributed by atoms with Gasteiger partial charge in [-0.3, -0.25) is 10.8 Å². The number of nitrogens with two attached hydrogens (primary N) is 1. The Kier molecular flexibility index (Phi) is 5.29. The lowest BCUT2D eigenvalue weighted by Crippen LogP contribution is -2.29. The van der Waals surface area contributed by atoms with E-state index in [1.807, 2.05) is 12.1 Å². The number of hydrogen-bond donors (Lipinski definition) is 2. The first-order chi connectivity index (χ1) is 9.74. The number of hydrogen-bond acceptors (Lipinski definition) is 5. The van der Waals surface area contributed by atoms with Crippen molar-refractivity contribution in [2.75, 3.05) is 6.61 Å². The molecule has 0 spiro atoms. The maximum atomic E-state index is 5.79. The van der Waals surface area contributed by atoms with Gasteiger partial charge in [0, 0.05) is 12.4 Å². The molecule has 0 aliphatic rings. The van der Waals surface area contributed by atoms with Crippen molar-refractivity contribution in [1.29, 1.82) is 0 Å². The maximum Gasteiger partial charge on any atom is 0.137 e. The van der Waals surface area contributed by atoms with Crippen molar-refractivity contribution in [3.63, 3.8) is 0 Å². The quantitative estimate of drug-likeness (QED) is 0.486. The van der Waals surface area contributed by atoms with Crippen LogP contribution in [0.2, 0.25) is 5.15 Å². The van der Waals surface area contributed by atoms with E-state index < -0.39 is 0 Å². The minimum Gasteiger partial charge on any atom is -0.492 e. The molecule has 0 saturated heterocycles. The SMILES string of the molecule is CCCOc1cncc(C(NN)c2ccc(Cl)nc2)c1. The summed E-state index contributed by atoms with van der Waals surface area (Å²) >= 11 is 5.79. The minimum absolute atomic E-state index is 0.211. The third-order valence-electron chi connectivity index (χ3n) is 2.79. The molecule has 0 aliphatic heterocycles. The fraction of sp³-hybridized carbons (Fsp3) is 0.286. The number of rotatable bonds is 6. The number of halogens is 1. The first kappa shape index (κ1) is 14.7. The molecule has 2 aromatic heterocycles. The summed E-state index contributed by atoms with van der Waals surface area (Å²) in [5, 5.41) is 0.447. The molecule has 2 rings (SSSR count). The van der Waals surface area contributed by atoms with E-state index in [-0.39, 0.29) is 6.04 Å².